The van der Waals surface area contributed by atoms with E-state index in [1.165, 1.54) is 4.90 Å². The Morgan fingerprint density at radius 1 is 0.964 bits per heavy atom. The molecule has 28 heavy (non-hydrogen) atoms. The van der Waals surface area contributed by atoms with Crippen molar-refractivity contribution in [3.63, 3.8) is 0 Å². The standard InChI is InChI=1S/C22H17ClN2O3/c23-15-4-2-5-16(11-15)24-20(26)14-3-1-6-17(10-14)25-21(27)18-12-7-8-13(9-12)19(18)22(25)28/h1-8,10-13,18-19H,9H2,(H,24,26)/t12-,13+,18-,19-/m0/s1. The molecule has 0 radical (unpaired) electrons. The van der Waals surface area contributed by atoms with Crippen LogP contribution in [0.4, 0.5) is 11.4 Å². The fourth-order valence-electron chi connectivity index (χ4n) is 4.71. The van der Waals surface area contributed by atoms with Gasteiger partial charge in [-0.25, -0.2) is 4.90 Å². The molecule has 4 atom stereocenters. The molecule has 1 saturated carbocycles. The van der Waals surface area contributed by atoms with Gasteiger partial charge in [0, 0.05) is 16.3 Å². The van der Waals surface area contributed by atoms with Crippen molar-refractivity contribution in [1.82, 2.24) is 0 Å². The summed E-state index contributed by atoms with van der Waals surface area (Å²) in [5, 5.41) is 3.30. The zero-order chi connectivity index (χ0) is 19.4. The summed E-state index contributed by atoms with van der Waals surface area (Å²) in [6.45, 7) is 0. The molecule has 1 aliphatic heterocycles. The van der Waals surface area contributed by atoms with Crippen LogP contribution in [-0.4, -0.2) is 17.7 Å². The predicted octanol–water partition coefficient (Wildman–Crippen LogP) is 3.90. The van der Waals surface area contributed by atoms with Crippen molar-refractivity contribution in [1.29, 1.82) is 0 Å². The van der Waals surface area contributed by atoms with Gasteiger partial charge in [0.05, 0.1) is 17.5 Å². The van der Waals surface area contributed by atoms with Crippen molar-refractivity contribution >= 4 is 40.7 Å². The number of carbonyl (C=O) groups is 3. The molecule has 0 spiro atoms. The number of hydrogen-bond donors (Lipinski definition) is 1. The Morgan fingerprint density at radius 3 is 2.32 bits per heavy atom. The van der Waals surface area contributed by atoms with Gasteiger partial charge in [0.1, 0.15) is 0 Å². The fourth-order valence-corrected chi connectivity index (χ4v) is 4.90. The molecule has 0 aromatic heterocycles. The van der Waals surface area contributed by atoms with Crippen molar-refractivity contribution < 1.29 is 14.4 Å². The van der Waals surface area contributed by atoms with Gasteiger partial charge >= 0.3 is 0 Å². The van der Waals surface area contributed by atoms with E-state index in [-0.39, 0.29) is 41.4 Å². The lowest BCUT2D eigenvalue weighted by atomic mass is 9.85. The molecule has 1 N–H and O–H groups in total. The summed E-state index contributed by atoms with van der Waals surface area (Å²) in [5.41, 5.74) is 1.40. The number of carbonyl (C=O) groups excluding carboxylic acids is 3. The number of allylic oxidation sites excluding steroid dienone is 2. The summed E-state index contributed by atoms with van der Waals surface area (Å²) < 4.78 is 0. The average Bonchev–Trinajstić information content (AvgIpc) is 3.36. The Morgan fingerprint density at radius 2 is 1.64 bits per heavy atom. The average molecular weight is 393 g/mol. The monoisotopic (exact) mass is 392 g/mol. The first kappa shape index (κ1) is 17.2. The van der Waals surface area contributed by atoms with Crippen LogP contribution in [0.15, 0.2) is 60.7 Å². The molecule has 2 fully saturated rings. The van der Waals surface area contributed by atoms with Crippen LogP contribution in [0.2, 0.25) is 5.02 Å². The highest BCUT2D eigenvalue weighted by Crippen LogP contribution is 2.53. The molecule has 6 heteroatoms. The maximum absolute atomic E-state index is 13.0. The maximum atomic E-state index is 13.0. The number of halogens is 1. The van der Waals surface area contributed by atoms with Gasteiger partial charge in [0.25, 0.3) is 5.91 Å². The van der Waals surface area contributed by atoms with Crippen LogP contribution in [0, 0.1) is 23.7 Å². The van der Waals surface area contributed by atoms with Crippen LogP contribution in [0.5, 0.6) is 0 Å². The molecule has 2 aliphatic carbocycles. The molecule has 3 amide bonds. The van der Waals surface area contributed by atoms with E-state index < -0.39 is 0 Å². The van der Waals surface area contributed by atoms with Crippen LogP contribution >= 0.6 is 11.6 Å². The molecular formula is C22H17ClN2O3. The number of nitrogens with one attached hydrogen (secondary N) is 1. The molecule has 5 nitrogen and oxygen atoms in total. The van der Waals surface area contributed by atoms with E-state index in [2.05, 4.69) is 17.5 Å². The molecule has 1 heterocycles. The third-order valence-electron chi connectivity index (χ3n) is 5.92. The van der Waals surface area contributed by atoms with Crippen molar-refractivity contribution in [2.45, 2.75) is 6.42 Å². The number of benzene rings is 2. The zero-order valence-electron chi connectivity index (χ0n) is 14.8. The molecule has 5 rings (SSSR count). The van der Waals surface area contributed by atoms with Crippen LogP contribution in [-0.2, 0) is 9.59 Å². The molecule has 1 saturated heterocycles. The number of hydrogen-bond acceptors (Lipinski definition) is 3. The van der Waals surface area contributed by atoms with E-state index in [1.54, 1.807) is 48.5 Å². The van der Waals surface area contributed by atoms with Crippen molar-refractivity contribution in [3.8, 4) is 0 Å². The van der Waals surface area contributed by atoms with Gasteiger partial charge in [0.2, 0.25) is 11.8 Å². The van der Waals surface area contributed by atoms with Gasteiger partial charge in [0.15, 0.2) is 0 Å². The van der Waals surface area contributed by atoms with Crippen LogP contribution in [0.1, 0.15) is 16.8 Å². The predicted molar refractivity (Wildman–Crippen MR) is 106 cm³/mol. The highest BCUT2D eigenvalue weighted by atomic mass is 35.5. The Balaban J connectivity index is 1.41. The van der Waals surface area contributed by atoms with E-state index >= 15 is 0 Å². The number of rotatable bonds is 3. The van der Waals surface area contributed by atoms with Gasteiger partial charge in [-0.15, -0.1) is 0 Å². The molecule has 2 bridgehead atoms. The lowest BCUT2D eigenvalue weighted by molar-refractivity contribution is -0.123. The number of imide groups is 1. The fraction of sp³-hybridized carbons (Fsp3) is 0.227. The number of amides is 3. The largest absolute Gasteiger partial charge is 0.322 e. The lowest BCUT2D eigenvalue weighted by Crippen LogP contribution is -2.33. The van der Waals surface area contributed by atoms with Gasteiger partial charge in [-0.1, -0.05) is 35.9 Å². The Hall–Kier alpha value is -2.92. The quantitative estimate of drug-likeness (QED) is 0.636. The molecular weight excluding hydrogens is 376 g/mol. The van der Waals surface area contributed by atoms with Gasteiger partial charge in [-0.3, -0.25) is 14.4 Å². The smallest absolute Gasteiger partial charge is 0.255 e. The highest BCUT2D eigenvalue weighted by Gasteiger charge is 2.59. The molecule has 3 aliphatic rings. The summed E-state index contributed by atoms with van der Waals surface area (Å²) in [4.78, 5) is 39.8. The number of anilines is 2. The summed E-state index contributed by atoms with van der Waals surface area (Å²) >= 11 is 5.95. The van der Waals surface area contributed by atoms with Crippen molar-refractivity contribution in [2.24, 2.45) is 23.7 Å². The highest BCUT2D eigenvalue weighted by molar-refractivity contribution is 6.31. The normalized spacial score (nSPS) is 27.4. The second kappa shape index (κ2) is 6.31. The first-order chi connectivity index (χ1) is 13.5. The second-order valence-corrected chi connectivity index (χ2v) is 7.96. The SMILES string of the molecule is O=C(Nc1cccc(Cl)c1)c1cccc(N2C(=O)[C@@H]3[C@@H](C2=O)[C@H]2C=C[C@@H]3C2)c1. The molecule has 2 aromatic carbocycles. The number of nitrogens with zero attached hydrogens (tertiary/aromatic N) is 1. The van der Waals surface area contributed by atoms with Gasteiger partial charge in [-0.05, 0) is 54.7 Å². The summed E-state index contributed by atoms with van der Waals surface area (Å²) in [6.07, 6.45) is 5.02. The topological polar surface area (TPSA) is 66.5 Å². The van der Waals surface area contributed by atoms with E-state index in [9.17, 15) is 14.4 Å². The van der Waals surface area contributed by atoms with Crippen LogP contribution in [0.3, 0.4) is 0 Å². The maximum Gasteiger partial charge on any atom is 0.255 e. The Bertz CT molecular complexity index is 1020. The molecule has 0 unspecified atom stereocenters. The molecule has 140 valence electrons. The first-order valence-electron chi connectivity index (χ1n) is 9.26. The van der Waals surface area contributed by atoms with Crippen molar-refractivity contribution in [2.75, 3.05) is 10.2 Å². The number of fused-ring (bicyclic) bond motifs is 5. The van der Waals surface area contributed by atoms with Crippen LogP contribution in [0.25, 0.3) is 0 Å². The summed E-state index contributed by atoms with van der Waals surface area (Å²) in [5.74, 6) is -0.835. The molecule has 2 aromatic rings. The summed E-state index contributed by atoms with van der Waals surface area (Å²) in [6, 6.07) is 13.5. The minimum atomic E-state index is -0.329. The third-order valence-corrected chi connectivity index (χ3v) is 6.15. The lowest BCUT2D eigenvalue weighted by Gasteiger charge is -2.18. The van der Waals surface area contributed by atoms with Crippen molar-refractivity contribution in [3.05, 3.63) is 71.3 Å². The van der Waals surface area contributed by atoms with Crippen LogP contribution < -0.4 is 10.2 Å². The van der Waals surface area contributed by atoms with E-state index in [0.717, 1.165) is 6.42 Å². The van der Waals surface area contributed by atoms with E-state index in [4.69, 9.17) is 11.6 Å². The third kappa shape index (κ3) is 2.58. The Kier molecular flexibility index (Phi) is 3.88. The second-order valence-electron chi connectivity index (χ2n) is 7.53. The van der Waals surface area contributed by atoms with E-state index in [0.29, 0.717) is 22.0 Å². The zero-order valence-corrected chi connectivity index (χ0v) is 15.6. The van der Waals surface area contributed by atoms with Gasteiger partial charge in [-0.2, -0.15) is 0 Å². The minimum absolute atomic E-state index is 0.153. The van der Waals surface area contributed by atoms with E-state index in [1.807, 2.05) is 0 Å². The van der Waals surface area contributed by atoms with Gasteiger partial charge < -0.3 is 5.32 Å². The Labute approximate surface area is 167 Å². The summed E-state index contributed by atoms with van der Waals surface area (Å²) in [7, 11) is 0. The minimum Gasteiger partial charge on any atom is -0.322 e. The first-order valence-corrected chi connectivity index (χ1v) is 9.64.